The van der Waals surface area contributed by atoms with Crippen LogP contribution in [0.5, 0.6) is 0 Å². The molecule has 2 amide bonds. The Morgan fingerprint density at radius 3 is 2.11 bits per heavy atom. The lowest BCUT2D eigenvalue weighted by molar-refractivity contribution is -0.142. The Morgan fingerprint density at radius 2 is 1.67 bits per heavy atom. The van der Waals surface area contributed by atoms with Gasteiger partial charge in [-0.25, -0.2) is 0 Å². The molecule has 5 heteroatoms. The van der Waals surface area contributed by atoms with E-state index < -0.39 is 5.24 Å². The first-order chi connectivity index (χ1) is 8.59. The molecule has 2 saturated carbocycles. The number of halogens is 1. The number of hydrogen-bond acceptors (Lipinski definition) is 3. The Bertz CT molecular complexity index is 478. The number of likely N-dealkylation sites (tertiary alicyclic amines) is 1. The fraction of sp³-hybridized carbons (Fsp3) is 0.615. The van der Waals surface area contributed by atoms with E-state index in [1.807, 2.05) is 0 Å². The van der Waals surface area contributed by atoms with Gasteiger partial charge in [0, 0.05) is 0 Å². The summed E-state index contributed by atoms with van der Waals surface area (Å²) < 4.78 is 0. The van der Waals surface area contributed by atoms with Gasteiger partial charge in [-0.15, -0.1) is 0 Å². The van der Waals surface area contributed by atoms with E-state index in [9.17, 15) is 14.4 Å². The molecule has 0 radical (unpaired) electrons. The zero-order chi connectivity index (χ0) is 12.6. The average Bonchev–Trinajstić information content (AvgIpc) is 3.11. The summed E-state index contributed by atoms with van der Waals surface area (Å²) in [6.45, 7) is -0.277. The highest BCUT2D eigenvalue weighted by Crippen LogP contribution is 2.65. The first-order valence-electron chi connectivity index (χ1n) is 6.31. The van der Waals surface area contributed by atoms with Crippen LogP contribution in [0, 0.1) is 35.5 Å². The molecule has 1 heterocycles. The van der Waals surface area contributed by atoms with Crippen molar-refractivity contribution in [2.75, 3.05) is 6.54 Å². The maximum absolute atomic E-state index is 12.3. The average molecular weight is 266 g/mol. The van der Waals surface area contributed by atoms with Crippen molar-refractivity contribution < 1.29 is 14.4 Å². The fourth-order valence-corrected chi connectivity index (χ4v) is 4.42. The van der Waals surface area contributed by atoms with Gasteiger partial charge in [-0.2, -0.15) is 0 Å². The van der Waals surface area contributed by atoms with Gasteiger partial charge in [0.25, 0.3) is 0 Å². The number of allylic oxidation sites excluding steroid dienone is 2. The molecular weight excluding hydrogens is 254 g/mol. The molecular formula is C13H12ClNO3. The fourth-order valence-electron chi connectivity index (χ4n) is 4.30. The van der Waals surface area contributed by atoms with Gasteiger partial charge in [-0.3, -0.25) is 19.3 Å². The minimum absolute atomic E-state index is 0.191. The van der Waals surface area contributed by atoms with E-state index in [1.54, 1.807) is 0 Å². The number of imide groups is 1. The number of carbonyl (C=O) groups excluding carboxylic acids is 3. The largest absolute Gasteiger partial charge is 0.279 e. The van der Waals surface area contributed by atoms with Crippen molar-refractivity contribution in [3.8, 4) is 0 Å². The molecule has 0 aromatic rings. The van der Waals surface area contributed by atoms with E-state index in [-0.39, 0.29) is 42.0 Å². The zero-order valence-electron chi connectivity index (χ0n) is 9.58. The number of hydrogen-bond donors (Lipinski definition) is 0. The van der Waals surface area contributed by atoms with E-state index in [2.05, 4.69) is 12.2 Å². The van der Waals surface area contributed by atoms with Gasteiger partial charge in [-0.1, -0.05) is 12.2 Å². The first kappa shape index (κ1) is 10.7. The Hall–Kier alpha value is -1.16. The molecule has 4 aliphatic carbocycles. The quantitative estimate of drug-likeness (QED) is 0.422. The SMILES string of the molecule is O=C(Cl)CN1C(=O)[C@@H]2[C@H]3C=C[C@@H]([C@@H]4C[C@@H]34)[C@@H]2C1=O. The number of rotatable bonds is 2. The van der Waals surface area contributed by atoms with Crippen LogP contribution in [-0.4, -0.2) is 28.5 Å². The van der Waals surface area contributed by atoms with Crippen LogP contribution in [-0.2, 0) is 14.4 Å². The van der Waals surface area contributed by atoms with Gasteiger partial charge < -0.3 is 0 Å². The minimum Gasteiger partial charge on any atom is -0.279 e. The monoisotopic (exact) mass is 265 g/mol. The van der Waals surface area contributed by atoms with Crippen molar-refractivity contribution in [2.24, 2.45) is 35.5 Å². The van der Waals surface area contributed by atoms with Crippen molar-refractivity contribution in [2.45, 2.75) is 6.42 Å². The van der Waals surface area contributed by atoms with Gasteiger partial charge >= 0.3 is 0 Å². The van der Waals surface area contributed by atoms with E-state index in [0.717, 1.165) is 11.3 Å². The molecule has 1 aliphatic heterocycles. The third kappa shape index (κ3) is 1.14. The topological polar surface area (TPSA) is 54.5 Å². The summed E-state index contributed by atoms with van der Waals surface area (Å²) in [7, 11) is 0. The van der Waals surface area contributed by atoms with Crippen LogP contribution in [0.3, 0.4) is 0 Å². The highest BCUT2D eigenvalue weighted by atomic mass is 35.5. The van der Waals surface area contributed by atoms with Crippen molar-refractivity contribution in [3.63, 3.8) is 0 Å². The molecule has 0 spiro atoms. The molecule has 5 aliphatic rings. The molecule has 94 valence electrons. The van der Waals surface area contributed by atoms with Gasteiger partial charge in [0.1, 0.15) is 6.54 Å². The van der Waals surface area contributed by atoms with Crippen LogP contribution in [0.4, 0.5) is 0 Å². The highest BCUT2D eigenvalue weighted by Gasteiger charge is 2.66. The van der Waals surface area contributed by atoms with Gasteiger partial charge in [0.15, 0.2) is 0 Å². The summed E-state index contributed by atoms with van der Waals surface area (Å²) >= 11 is 5.31. The third-order valence-corrected chi connectivity index (χ3v) is 5.16. The van der Waals surface area contributed by atoms with Crippen LogP contribution in [0.25, 0.3) is 0 Å². The van der Waals surface area contributed by atoms with Gasteiger partial charge in [-0.05, 0) is 41.7 Å². The van der Waals surface area contributed by atoms with E-state index in [0.29, 0.717) is 11.8 Å². The van der Waals surface area contributed by atoms with Gasteiger partial charge in [0.2, 0.25) is 17.1 Å². The predicted octanol–water partition coefficient (Wildman–Crippen LogP) is 0.805. The second kappa shape index (κ2) is 3.23. The van der Waals surface area contributed by atoms with Gasteiger partial charge in [0.05, 0.1) is 11.8 Å². The third-order valence-electron chi connectivity index (χ3n) is 5.04. The van der Waals surface area contributed by atoms with Crippen LogP contribution >= 0.6 is 11.6 Å². The second-order valence-corrected chi connectivity index (χ2v) is 6.19. The van der Waals surface area contributed by atoms with Crippen molar-refractivity contribution >= 4 is 28.7 Å². The summed E-state index contributed by atoms with van der Waals surface area (Å²) in [6, 6.07) is 0. The summed E-state index contributed by atoms with van der Waals surface area (Å²) in [6.07, 6.45) is 5.36. The van der Waals surface area contributed by atoms with E-state index in [1.165, 1.54) is 0 Å². The van der Waals surface area contributed by atoms with E-state index in [4.69, 9.17) is 11.6 Å². The summed E-state index contributed by atoms with van der Waals surface area (Å²) in [5, 5.41) is -0.652. The van der Waals surface area contributed by atoms with Crippen molar-refractivity contribution in [3.05, 3.63) is 12.2 Å². The minimum atomic E-state index is -0.652. The van der Waals surface area contributed by atoms with Crippen LogP contribution in [0.2, 0.25) is 0 Å². The normalized spacial score (nSPS) is 47.3. The first-order valence-corrected chi connectivity index (χ1v) is 6.69. The molecule has 0 aromatic carbocycles. The zero-order valence-corrected chi connectivity index (χ0v) is 10.3. The lowest BCUT2D eigenvalue weighted by Crippen LogP contribution is -2.40. The summed E-state index contributed by atoms with van der Waals surface area (Å²) in [5.74, 6) is 0.745. The Labute approximate surface area is 109 Å². The molecule has 3 fully saturated rings. The van der Waals surface area contributed by atoms with Crippen molar-refractivity contribution in [1.29, 1.82) is 0 Å². The number of carbonyl (C=O) groups is 3. The molecule has 2 bridgehead atoms. The van der Waals surface area contributed by atoms with Crippen LogP contribution in [0.15, 0.2) is 12.2 Å². The lowest BCUT2D eigenvalue weighted by atomic mass is 9.63. The predicted molar refractivity (Wildman–Crippen MR) is 62.3 cm³/mol. The smallest absolute Gasteiger partial charge is 0.241 e. The Morgan fingerprint density at radius 1 is 1.17 bits per heavy atom. The molecule has 0 aromatic heterocycles. The Kier molecular flexibility index (Phi) is 1.93. The molecule has 0 unspecified atom stereocenters. The highest BCUT2D eigenvalue weighted by molar-refractivity contribution is 6.64. The second-order valence-electron chi connectivity index (χ2n) is 5.77. The number of amides is 2. The molecule has 0 N–H and O–H groups in total. The number of nitrogens with zero attached hydrogens (tertiary/aromatic N) is 1. The maximum atomic E-state index is 12.3. The standard InChI is InChI=1S/C13H12ClNO3/c14-9(16)4-15-12(17)10-5-1-2-6(8-3-7(5)8)11(10)13(15)18/h1-2,5-8,10-11H,3-4H2/t5-,6-,7-,8-,10-,11+/m0/s1. The molecule has 4 nitrogen and oxygen atoms in total. The summed E-state index contributed by atoms with van der Waals surface area (Å²) in [5.41, 5.74) is 0. The van der Waals surface area contributed by atoms with Crippen LogP contribution < -0.4 is 0 Å². The lowest BCUT2D eigenvalue weighted by Gasteiger charge is -2.37. The van der Waals surface area contributed by atoms with Crippen molar-refractivity contribution in [1.82, 2.24) is 4.90 Å². The Balaban J connectivity index is 1.72. The maximum Gasteiger partial charge on any atom is 0.241 e. The molecule has 1 saturated heterocycles. The van der Waals surface area contributed by atoms with Crippen LogP contribution in [0.1, 0.15) is 6.42 Å². The van der Waals surface area contributed by atoms with E-state index >= 15 is 0 Å². The molecule has 5 rings (SSSR count). The molecule has 18 heavy (non-hydrogen) atoms. The molecule has 6 atom stereocenters. The summed E-state index contributed by atoms with van der Waals surface area (Å²) in [4.78, 5) is 36.6.